The third-order valence-corrected chi connectivity index (χ3v) is 2.21. The van der Waals surface area contributed by atoms with Gasteiger partial charge in [0.1, 0.15) is 6.33 Å². The highest BCUT2D eigenvalue weighted by molar-refractivity contribution is 5.81. The second kappa shape index (κ2) is 5.44. The van der Waals surface area contributed by atoms with Gasteiger partial charge in [0.15, 0.2) is 0 Å². The van der Waals surface area contributed by atoms with Gasteiger partial charge >= 0.3 is 0 Å². The fourth-order valence-electron chi connectivity index (χ4n) is 1.53. The summed E-state index contributed by atoms with van der Waals surface area (Å²) in [5.41, 5.74) is 2.35. The van der Waals surface area contributed by atoms with Crippen LogP contribution in [-0.4, -0.2) is 9.97 Å². The molecule has 2 aromatic rings. The fraction of sp³-hybridized carbons (Fsp3) is 0.385. The first-order valence-electron chi connectivity index (χ1n) is 5.47. The Labute approximate surface area is 91.4 Å². The standard InChI is InChI=1S/C11H12N2.C2H6/c1-8(2)9-4-3-5-11-10(9)6-12-7-13-11;1-2/h3-8H,1-2H3;1-2H3. The lowest BCUT2D eigenvalue weighted by molar-refractivity contribution is 0.875. The van der Waals surface area contributed by atoms with Gasteiger partial charge in [0.2, 0.25) is 0 Å². The largest absolute Gasteiger partial charge is 0.244 e. The minimum absolute atomic E-state index is 0.523. The quantitative estimate of drug-likeness (QED) is 0.703. The van der Waals surface area contributed by atoms with E-state index in [0.717, 1.165) is 5.52 Å². The molecule has 0 saturated carbocycles. The summed E-state index contributed by atoms with van der Waals surface area (Å²) in [4.78, 5) is 8.26. The fourth-order valence-corrected chi connectivity index (χ4v) is 1.53. The average molecular weight is 202 g/mol. The molecule has 0 unspecified atom stereocenters. The first-order valence-corrected chi connectivity index (χ1v) is 5.47. The molecule has 2 rings (SSSR count). The van der Waals surface area contributed by atoms with Gasteiger partial charge in [-0.1, -0.05) is 39.8 Å². The van der Waals surface area contributed by atoms with Crippen LogP contribution in [0.1, 0.15) is 39.2 Å². The Morgan fingerprint density at radius 3 is 2.53 bits per heavy atom. The van der Waals surface area contributed by atoms with E-state index in [9.17, 15) is 0 Å². The molecule has 2 heteroatoms. The highest BCUT2D eigenvalue weighted by atomic mass is 14.8. The van der Waals surface area contributed by atoms with Crippen molar-refractivity contribution in [3.8, 4) is 0 Å². The third-order valence-electron chi connectivity index (χ3n) is 2.21. The van der Waals surface area contributed by atoms with E-state index in [-0.39, 0.29) is 0 Å². The topological polar surface area (TPSA) is 25.8 Å². The van der Waals surface area contributed by atoms with Gasteiger partial charge in [-0.25, -0.2) is 9.97 Å². The maximum absolute atomic E-state index is 4.21. The summed E-state index contributed by atoms with van der Waals surface area (Å²) in [5, 5.41) is 1.17. The Kier molecular flexibility index (Phi) is 4.22. The second-order valence-electron chi connectivity index (χ2n) is 3.46. The van der Waals surface area contributed by atoms with E-state index in [4.69, 9.17) is 0 Å². The average Bonchev–Trinajstić information content (AvgIpc) is 2.31. The molecule has 2 nitrogen and oxygen atoms in total. The molecule has 15 heavy (non-hydrogen) atoms. The van der Waals surface area contributed by atoms with E-state index in [2.05, 4.69) is 29.9 Å². The van der Waals surface area contributed by atoms with Crippen LogP contribution in [0.2, 0.25) is 0 Å². The molecule has 0 atom stereocenters. The maximum atomic E-state index is 4.21. The summed E-state index contributed by atoms with van der Waals surface area (Å²) in [7, 11) is 0. The lowest BCUT2D eigenvalue weighted by atomic mass is 9.99. The Bertz CT molecular complexity index is 416. The third kappa shape index (κ3) is 2.52. The minimum atomic E-state index is 0.523. The van der Waals surface area contributed by atoms with Crippen LogP contribution in [0.25, 0.3) is 10.9 Å². The summed E-state index contributed by atoms with van der Waals surface area (Å²) >= 11 is 0. The van der Waals surface area contributed by atoms with Gasteiger partial charge in [0.05, 0.1) is 5.52 Å². The molecule has 0 aliphatic carbocycles. The molecule has 1 heterocycles. The van der Waals surface area contributed by atoms with Crippen molar-refractivity contribution in [1.82, 2.24) is 9.97 Å². The van der Waals surface area contributed by atoms with Crippen molar-refractivity contribution >= 4 is 10.9 Å². The van der Waals surface area contributed by atoms with E-state index in [1.54, 1.807) is 6.33 Å². The molecule has 80 valence electrons. The molecule has 0 saturated heterocycles. The Morgan fingerprint density at radius 2 is 1.87 bits per heavy atom. The molecule has 0 fully saturated rings. The number of hydrogen-bond donors (Lipinski definition) is 0. The van der Waals surface area contributed by atoms with Gasteiger partial charge in [0.25, 0.3) is 0 Å². The molecule has 0 radical (unpaired) electrons. The molecular weight excluding hydrogens is 184 g/mol. The van der Waals surface area contributed by atoms with Crippen molar-refractivity contribution < 1.29 is 0 Å². The number of aromatic nitrogens is 2. The highest BCUT2D eigenvalue weighted by Gasteiger charge is 2.04. The van der Waals surface area contributed by atoms with Crippen molar-refractivity contribution in [2.45, 2.75) is 33.6 Å². The maximum Gasteiger partial charge on any atom is 0.116 e. The Morgan fingerprint density at radius 1 is 1.13 bits per heavy atom. The molecule has 0 N–H and O–H groups in total. The lowest BCUT2D eigenvalue weighted by Crippen LogP contribution is -1.90. The summed E-state index contributed by atoms with van der Waals surface area (Å²) < 4.78 is 0. The molecule has 0 spiro atoms. The normalized spacial score (nSPS) is 9.93. The molecule has 1 aromatic heterocycles. The van der Waals surface area contributed by atoms with Crippen molar-refractivity contribution in [3.05, 3.63) is 36.3 Å². The van der Waals surface area contributed by atoms with Gasteiger partial charge in [-0.2, -0.15) is 0 Å². The van der Waals surface area contributed by atoms with Crippen LogP contribution < -0.4 is 0 Å². The van der Waals surface area contributed by atoms with Crippen molar-refractivity contribution in [1.29, 1.82) is 0 Å². The van der Waals surface area contributed by atoms with Crippen LogP contribution in [0.4, 0.5) is 0 Å². The number of nitrogens with zero attached hydrogens (tertiary/aromatic N) is 2. The summed E-state index contributed by atoms with van der Waals surface area (Å²) in [5.74, 6) is 0.523. The van der Waals surface area contributed by atoms with Crippen LogP contribution >= 0.6 is 0 Å². The molecule has 0 aliphatic rings. The summed E-state index contributed by atoms with van der Waals surface area (Å²) in [6, 6.07) is 6.20. The Balaban J connectivity index is 0.000000531. The number of hydrogen-bond acceptors (Lipinski definition) is 2. The molecule has 0 aliphatic heterocycles. The second-order valence-corrected chi connectivity index (χ2v) is 3.46. The first-order chi connectivity index (χ1) is 7.29. The number of benzene rings is 1. The predicted molar refractivity (Wildman–Crippen MR) is 65.0 cm³/mol. The van der Waals surface area contributed by atoms with E-state index in [1.165, 1.54) is 10.9 Å². The summed E-state index contributed by atoms with van der Waals surface area (Å²) in [6.07, 6.45) is 3.48. The van der Waals surface area contributed by atoms with Crippen LogP contribution in [-0.2, 0) is 0 Å². The zero-order valence-electron chi connectivity index (χ0n) is 9.86. The van der Waals surface area contributed by atoms with Gasteiger partial charge < -0.3 is 0 Å². The minimum Gasteiger partial charge on any atom is -0.244 e. The molecule has 0 bridgehead atoms. The SMILES string of the molecule is CC.CC(C)c1cccc2ncncc12. The van der Waals surface area contributed by atoms with E-state index >= 15 is 0 Å². The van der Waals surface area contributed by atoms with Gasteiger partial charge in [-0.05, 0) is 17.5 Å². The zero-order valence-corrected chi connectivity index (χ0v) is 9.86. The Hall–Kier alpha value is -1.44. The predicted octanol–water partition coefficient (Wildman–Crippen LogP) is 3.78. The van der Waals surface area contributed by atoms with Gasteiger partial charge in [-0.15, -0.1) is 0 Å². The number of fused-ring (bicyclic) bond motifs is 1. The molecular formula is C13H18N2. The smallest absolute Gasteiger partial charge is 0.116 e. The highest BCUT2D eigenvalue weighted by Crippen LogP contribution is 2.22. The van der Waals surface area contributed by atoms with Crippen LogP contribution in [0.3, 0.4) is 0 Å². The number of rotatable bonds is 1. The van der Waals surface area contributed by atoms with Gasteiger partial charge in [0, 0.05) is 11.6 Å². The molecule has 1 aromatic carbocycles. The van der Waals surface area contributed by atoms with Crippen molar-refractivity contribution in [2.75, 3.05) is 0 Å². The lowest BCUT2D eigenvalue weighted by Gasteiger charge is -2.07. The molecule has 0 amide bonds. The van der Waals surface area contributed by atoms with E-state index in [1.807, 2.05) is 32.2 Å². The van der Waals surface area contributed by atoms with Crippen LogP contribution in [0.15, 0.2) is 30.7 Å². The zero-order chi connectivity index (χ0) is 11.3. The van der Waals surface area contributed by atoms with Crippen molar-refractivity contribution in [3.63, 3.8) is 0 Å². The first kappa shape index (κ1) is 11.6. The van der Waals surface area contributed by atoms with Crippen LogP contribution in [0.5, 0.6) is 0 Å². The summed E-state index contributed by atoms with van der Waals surface area (Å²) in [6.45, 7) is 8.36. The van der Waals surface area contributed by atoms with Crippen LogP contribution in [0, 0.1) is 0 Å². The van der Waals surface area contributed by atoms with Crippen molar-refractivity contribution in [2.24, 2.45) is 0 Å². The van der Waals surface area contributed by atoms with E-state index < -0.39 is 0 Å². The van der Waals surface area contributed by atoms with E-state index in [0.29, 0.717) is 5.92 Å². The van der Waals surface area contributed by atoms with Gasteiger partial charge in [-0.3, -0.25) is 0 Å². The monoisotopic (exact) mass is 202 g/mol.